The molecule has 2 atom stereocenters. The van der Waals surface area contributed by atoms with Gasteiger partial charge in [-0.15, -0.1) is 0 Å². The molecule has 2 amide bonds. The van der Waals surface area contributed by atoms with Crippen LogP contribution in [0.25, 0.3) is 5.65 Å². The summed E-state index contributed by atoms with van der Waals surface area (Å²) in [6, 6.07) is 0.215. The molecule has 2 N–H and O–H groups in total. The van der Waals surface area contributed by atoms with Crippen molar-refractivity contribution in [1.29, 1.82) is 0 Å². The van der Waals surface area contributed by atoms with Gasteiger partial charge in [0.25, 0.3) is 5.91 Å². The molecule has 2 fully saturated rings. The maximum atomic E-state index is 14.0. The first-order valence-electron chi connectivity index (χ1n) is 14.3. The lowest BCUT2D eigenvalue weighted by atomic mass is 9.81. The monoisotopic (exact) mass is 632 g/mol. The second-order valence-electron chi connectivity index (χ2n) is 11.4. The van der Waals surface area contributed by atoms with Crippen LogP contribution in [0.4, 0.5) is 30.7 Å². The van der Waals surface area contributed by atoms with E-state index < -0.39 is 67.6 Å². The average Bonchev–Trinajstić information content (AvgIpc) is 3.52. The van der Waals surface area contributed by atoms with E-state index in [1.807, 2.05) is 0 Å². The average molecular weight is 633 g/mol. The van der Waals surface area contributed by atoms with E-state index in [-0.39, 0.29) is 44.0 Å². The van der Waals surface area contributed by atoms with Crippen LogP contribution in [0, 0.1) is 11.8 Å². The SMILES string of the molecule is O=C(CCC(F)(F)F)N[C@@H](c1cnn2cc([C@@H](NC(=O)c3ncnn3CCC(F)F)C3CCC(F)(F)CC3)nc2c1)C1CC1. The first-order chi connectivity index (χ1) is 20.8. The molecule has 0 saturated heterocycles. The van der Waals surface area contributed by atoms with E-state index in [0.29, 0.717) is 16.9 Å². The number of fused-ring (bicyclic) bond motifs is 1. The number of aromatic nitrogens is 6. The fourth-order valence-electron chi connectivity index (χ4n) is 5.49. The molecule has 44 heavy (non-hydrogen) atoms. The van der Waals surface area contributed by atoms with Gasteiger partial charge in [-0.1, -0.05) is 0 Å². The van der Waals surface area contributed by atoms with Gasteiger partial charge in [-0.25, -0.2) is 36.7 Å². The zero-order valence-electron chi connectivity index (χ0n) is 23.4. The molecule has 3 heterocycles. The van der Waals surface area contributed by atoms with Crippen molar-refractivity contribution in [3.05, 3.63) is 41.9 Å². The van der Waals surface area contributed by atoms with Crippen molar-refractivity contribution in [2.45, 2.75) is 94.9 Å². The molecular formula is C27H31F7N8O2. The summed E-state index contributed by atoms with van der Waals surface area (Å²) in [6.07, 6.45) is -4.55. The number of amides is 2. The van der Waals surface area contributed by atoms with Crippen molar-refractivity contribution in [2.75, 3.05) is 0 Å². The number of halogens is 7. The normalized spacial score (nSPS) is 18.8. The van der Waals surface area contributed by atoms with Crippen molar-refractivity contribution in [2.24, 2.45) is 11.8 Å². The van der Waals surface area contributed by atoms with Crippen LogP contribution in [0.5, 0.6) is 0 Å². The number of rotatable bonds is 12. The van der Waals surface area contributed by atoms with Gasteiger partial charge in [0.1, 0.15) is 6.33 Å². The molecule has 0 aromatic carbocycles. The lowest BCUT2D eigenvalue weighted by Gasteiger charge is -2.33. The summed E-state index contributed by atoms with van der Waals surface area (Å²) in [7, 11) is 0. The molecule has 0 spiro atoms. The molecule has 5 rings (SSSR count). The van der Waals surface area contributed by atoms with Gasteiger partial charge in [-0.05, 0) is 49.1 Å². The lowest BCUT2D eigenvalue weighted by molar-refractivity contribution is -0.144. The highest BCUT2D eigenvalue weighted by Gasteiger charge is 2.40. The Labute approximate surface area is 246 Å². The van der Waals surface area contributed by atoms with Gasteiger partial charge < -0.3 is 10.6 Å². The molecule has 3 aromatic rings. The predicted octanol–water partition coefficient (Wildman–Crippen LogP) is 5.18. The van der Waals surface area contributed by atoms with E-state index in [4.69, 9.17) is 0 Å². The fourth-order valence-corrected chi connectivity index (χ4v) is 5.49. The third-order valence-corrected chi connectivity index (χ3v) is 7.98. The van der Waals surface area contributed by atoms with Gasteiger partial charge in [0, 0.05) is 32.2 Å². The smallest absolute Gasteiger partial charge is 0.349 e. The van der Waals surface area contributed by atoms with E-state index in [9.17, 15) is 40.3 Å². The predicted molar refractivity (Wildman–Crippen MR) is 140 cm³/mol. The molecule has 17 heteroatoms. The van der Waals surface area contributed by atoms with Gasteiger partial charge in [-0.3, -0.25) is 9.59 Å². The second kappa shape index (κ2) is 12.7. The Bertz CT molecular complexity index is 1460. The molecule has 0 aliphatic heterocycles. The lowest BCUT2D eigenvalue weighted by Crippen LogP contribution is -2.38. The quantitative estimate of drug-likeness (QED) is 0.266. The third kappa shape index (κ3) is 8.02. The maximum absolute atomic E-state index is 14.0. The maximum Gasteiger partial charge on any atom is 0.389 e. The van der Waals surface area contributed by atoms with Crippen molar-refractivity contribution in [3.8, 4) is 0 Å². The highest BCUT2D eigenvalue weighted by Crippen LogP contribution is 2.43. The van der Waals surface area contributed by atoms with Crippen LogP contribution >= 0.6 is 0 Å². The zero-order valence-corrected chi connectivity index (χ0v) is 23.4. The number of carbonyl (C=O) groups excluding carboxylic acids is 2. The van der Waals surface area contributed by atoms with Crippen LogP contribution in [0.3, 0.4) is 0 Å². The van der Waals surface area contributed by atoms with Crippen molar-refractivity contribution >= 4 is 17.5 Å². The summed E-state index contributed by atoms with van der Waals surface area (Å²) in [5.41, 5.74) is 1.17. The Hall–Kier alpha value is -3.79. The number of carbonyl (C=O) groups is 2. The summed E-state index contributed by atoms with van der Waals surface area (Å²) < 4.78 is 93.8. The van der Waals surface area contributed by atoms with Crippen molar-refractivity contribution in [3.63, 3.8) is 0 Å². The third-order valence-electron chi connectivity index (χ3n) is 7.98. The molecule has 2 saturated carbocycles. The Morgan fingerprint density at radius 3 is 2.39 bits per heavy atom. The molecule has 3 aromatic heterocycles. The van der Waals surface area contributed by atoms with E-state index in [1.54, 1.807) is 6.07 Å². The van der Waals surface area contributed by atoms with Crippen molar-refractivity contribution in [1.82, 2.24) is 40.0 Å². The summed E-state index contributed by atoms with van der Waals surface area (Å²) in [6.45, 7) is -0.253. The molecule has 2 aliphatic rings. The van der Waals surface area contributed by atoms with Gasteiger partial charge in [0.05, 0.1) is 36.6 Å². The fraction of sp³-hybridized carbons (Fsp3) is 0.630. The van der Waals surface area contributed by atoms with E-state index >= 15 is 0 Å². The molecule has 240 valence electrons. The number of hydrogen-bond acceptors (Lipinski definition) is 6. The molecule has 2 aliphatic carbocycles. The Balaban J connectivity index is 1.39. The minimum atomic E-state index is -4.46. The number of imidazole rings is 1. The van der Waals surface area contributed by atoms with Gasteiger partial charge in [0.2, 0.25) is 24.1 Å². The van der Waals surface area contributed by atoms with Crippen LogP contribution in [0.2, 0.25) is 0 Å². The van der Waals surface area contributed by atoms with Crippen LogP contribution in [-0.4, -0.2) is 59.7 Å². The summed E-state index contributed by atoms with van der Waals surface area (Å²) in [4.78, 5) is 34.0. The Morgan fingerprint density at radius 2 is 1.73 bits per heavy atom. The first-order valence-corrected chi connectivity index (χ1v) is 14.3. The second-order valence-corrected chi connectivity index (χ2v) is 11.4. The van der Waals surface area contributed by atoms with Crippen LogP contribution in [0.1, 0.15) is 91.7 Å². The Kier molecular flexibility index (Phi) is 9.11. The minimum absolute atomic E-state index is 0.0295. The minimum Gasteiger partial charge on any atom is -0.349 e. The summed E-state index contributed by atoms with van der Waals surface area (Å²) in [5, 5.41) is 13.7. The van der Waals surface area contributed by atoms with Crippen LogP contribution < -0.4 is 10.6 Å². The van der Waals surface area contributed by atoms with E-state index in [1.165, 1.54) is 16.9 Å². The Morgan fingerprint density at radius 1 is 1.02 bits per heavy atom. The molecular weight excluding hydrogens is 601 g/mol. The standard InChI is InChI=1S/C27H31F7N8O2/c28-19(29)6-10-41-24(35-14-37-41)25(44)40-23(16-3-7-26(30,31)8-4-16)18-13-42-20(38-18)11-17(12-36-42)22(15-1-2-15)39-21(43)5-9-27(32,33)34/h11-16,19,22-23H,1-10H2,(H,39,43)(H,40,44)/t22-,23+/m1/s1. The number of nitrogens with zero attached hydrogens (tertiary/aromatic N) is 6. The van der Waals surface area contributed by atoms with Crippen molar-refractivity contribution < 1.29 is 40.3 Å². The van der Waals surface area contributed by atoms with E-state index in [0.717, 1.165) is 23.9 Å². The van der Waals surface area contributed by atoms with Crippen LogP contribution in [0.15, 0.2) is 24.8 Å². The molecule has 10 nitrogen and oxygen atoms in total. The highest BCUT2D eigenvalue weighted by atomic mass is 19.4. The molecule has 0 radical (unpaired) electrons. The number of alkyl halides is 7. The van der Waals surface area contributed by atoms with Gasteiger partial charge in [0.15, 0.2) is 5.65 Å². The zero-order chi connectivity index (χ0) is 31.6. The largest absolute Gasteiger partial charge is 0.389 e. The number of hydrogen-bond donors (Lipinski definition) is 2. The topological polar surface area (TPSA) is 119 Å². The van der Waals surface area contributed by atoms with Gasteiger partial charge in [-0.2, -0.15) is 23.4 Å². The first kappa shape index (κ1) is 31.6. The van der Waals surface area contributed by atoms with Gasteiger partial charge >= 0.3 is 6.18 Å². The number of aryl methyl sites for hydroxylation is 1. The van der Waals surface area contributed by atoms with Crippen LogP contribution in [-0.2, 0) is 11.3 Å². The summed E-state index contributed by atoms with van der Waals surface area (Å²) >= 11 is 0. The highest BCUT2D eigenvalue weighted by molar-refractivity contribution is 5.90. The number of nitrogens with one attached hydrogen (secondary N) is 2. The molecule has 0 bridgehead atoms. The molecule has 0 unspecified atom stereocenters. The van der Waals surface area contributed by atoms with E-state index in [2.05, 4.69) is 30.8 Å². The summed E-state index contributed by atoms with van der Waals surface area (Å²) in [5.74, 6) is -4.93.